The van der Waals surface area contributed by atoms with Crippen LogP contribution < -0.4 is 21.2 Å². The van der Waals surface area contributed by atoms with Crippen molar-refractivity contribution < 1.29 is 26.3 Å². The third kappa shape index (κ3) is 3.43. The van der Waals surface area contributed by atoms with Gasteiger partial charge in [0.2, 0.25) is 0 Å². The smallest absolute Gasteiger partial charge is 0.313 e. The number of alkyl halides is 1. The first-order valence-electron chi connectivity index (χ1n) is 4.21. The number of benzene rings is 1. The molecule has 0 unspecified atom stereocenters. The zero-order chi connectivity index (χ0) is 8.81. The van der Waals surface area contributed by atoms with Gasteiger partial charge in [-0.3, -0.25) is 0 Å². The number of unbranched alkanes of at least 4 members (excludes halogenated alkanes) is 1. The quantitative estimate of drug-likeness (QED) is 0.445. The lowest BCUT2D eigenvalue weighted by Crippen LogP contribution is -3.62. The average Bonchev–Trinajstić information content (AvgIpc) is 2.05. The second-order valence-corrected chi connectivity index (χ2v) is 5.74. The van der Waals surface area contributed by atoms with Crippen LogP contribution in [0.3, 0.4) is 0 Å². The van der Waals surface area contributed by atoms with E-state index in [9.17, 15) is 5.11 Å². The Balaban J connectivity index is 2.41. The molecule has 0 atom stereocenters. The van der Waals surface area contributed by atoms with Crippen LogP contribution in [0.4, 0.5) is 0 Å². The molecule has 0 spiro atoms. The van der Waals surface area contributed by atoms with Crippen molar-refractivity contribution in [2.75, 3.05) is 4.43 Å². The topological polar surface area (TPSA) is 20.2 Å². The molecule has 0 aliphatic heterocycles. The van der Waals surface area contributed by atoms with Crippen LogP contribution in [0, 0.1) is 3.57 Å². The van der Waals surface area contributed by atoms with Gasteiger partial charge in [0.05, 0.1) is 0 Å². The molecule has 1 aromatic carbocycles. The van der Waals surface area contributed by atoms with Crippen LogP contribution in [0.2, 0.25) is 0 Å². The molecule has 0 saturated heterocycles. The van der Waals surface area contributed by atoms with Crippen molar-refractivity contribution in [1.82, 2.24) is 0 Å². The predicted octanol–water partition coefficient (Wildman–Crippen LogP) is -0.549. The maximum absolute atomic E-state index is 9.19. The van der Waals surface area contributed by atoms with Gasteiger partial charge in [-0.15, -0.1) is 0 Å². The van der Waals surface area contributed by atoms with Crippen LogP contribution >= 0.6 is 0 Å². The van der Waals surface area contributed by atoms with Gasteiger partial charge >= 0.3 is 21.2 Å². The molecule has 2 heteroatoms. The maximum Gasteiger partial charge on any atom is 0.313 e. The first-order chi connectivity index (χ1) is 5.83. The van der Waals surface area contributed by atoms with E-state index in [4.69, 9.17) is 0 Å². The van der Waals surface area contributed by atoms with Crippen LogP contribution in [-0.4, -0.2) is 9.53 Å². The Kier molecular flexibility index (Phi) is 4.43. The molecule has 0 aromatic heterocycles. The summed E-state index contributed by atoms with van der Waals surface area (Å²) in [6.07, 6.45) is 2.60. The Bertz CT molecular complexity index is 235. The van der Waals surface area contributed by atoms with E-state index in [2.05, 4.69) is 13.0 Å². The highest BCUT2D eigenvalue weighted by molar-refractivity contribution is 5.18. The molecule has 0 aliphatic rings. The molecule has 0 heterocycles. The summed E-state index contributed by atoms with van der Waals surface area (Å²) in [5, 5.41) is 9.19. The Morgan fingerprint density at radius 2 is 2.25 bits per heavy atom. The van der Waals surface area contributed by atoms with Crippen LogP contribution in [0.1, 0.15) is 19.8 Å². The number of hydrogen-bond acceptors (Lipinski definition) is 1. The lowest BCUT2D eigenvalue weighted by molar-refractivity contribution is -0.627. The normalized spacial score (nSPS) is 10.1. The molecule has 0 amide bonds. The van der Waals surface area contributed by atoms with E-state index in [0.717, 1.165) is 0 Å². The molecule has 1 aromatic rings. The zero-order valence-electron chi connectivity index (χ0n) is 7.26. The second-order valence-electron chi connectivity index (χ2n) is 2.66. The summed E-state index contributed by atoms with van der Waals surface area (Å²) in [5.41, 5.74) is 0. The first-order valence-corrected chi connectivity index (χ1v) is 6.81. The summed E-state index contributed by atoms with van der Waals surface area (Å²) < 4.78 is 2.68. The predicted molar refractivity (Wildman–Crippen MR) is 46.6 cm³/mol. The Hall–Kier alpha value is -0.250. The number of rotatable bonds is 4. The van der Waals surface area contributed by atoms with Gasteiger partial charge in [-0.05, 0) is 18.6 Å². The molecule has 1 rings (SSSR count). The van der Waals surface area contributed by atoms with Crippen LogP contribution in [0.15, 0.2) is 24.3 Å². The Labute approximate surface area is 84.1 Å². The number of halogens is 1. The summed E-state index contributed by atoms with van der Waals surface area (Å²) in [6.45, 7) is 2.21. The van der Waals surface area contributed by atoms with E-state index in [1.165, 1.54) is 20.8 Å². The van der Waals surface area contributed by atoms with E-state index in [1.54, 1.807) is 6.07 Å². The molecule has 12 heavy (non-hydrogen) atoms. The van der Waals surface area contributed by atoms with Crippen LogP contribution in [-0.2, 0) is 0 Å². The van der Waals surface area contributed by atoms with Gasteiger partial charge in [-0.1, -0.05) is 19.4 Å². The summed E-state index contributed by atoms with van der Waals surface area (Å²) in [4.78, 5) is 0. The van der Waals surface area contributed by atoms with Crippen LogP contribution in [0.5, 0.6) is 5.75 Å². The highest BCUT2D eigenvalue weighted by atomic mass is 127. The fourth-order valence-corrected chi connectivity index (χ4v) is 3.64. The zero-order valence-corrected chi connectivity index (χ0v) is 9.41. The number of phenolic OH excluding ortho intramolecular Hbond substituents is 1. The van der Waals surface area contributed by atoms with Gasteiger partial charge in [-0.25, -0.2) is 0 Å². The minimum Gasteiger partial charge on any atom is -0.508 e. The minimum atomic E-state index is 0.144. The highest BCUT2D eigenvalue weighted by Gasteiger charge is 2.09. The molecule has 0 aliphatic carbocycles. The van der Waals surface area contributed by atoms with Crippen molar-refractivity contribution in [2.45, 2.75) is 19.8 Å². The van der Waals surface area contributed by atoms with Gasteiger partial charge in [0, 0.05) is 6.07 Å². The fraction of sp³-hybridized carbons (Fsp3) is 0.400. The SMILES string of the molecule is CCCC[I+]c1cccc(O)c1. The third-order valence-electron chi connectivity index (χ3n) is 1.54. The molecule has 1 N–H and O–H groups in total. The minimum absolute atomic E-state index is 0.144. The van der Waals surface area contributed by atoms with Crippen molar-refractivity contribution in [2.24, 2.45) is 0 Å². The van der Waals surface area contributed by atoms with Gasteiger partial charge in [0.1, 0.15) is 10.2 Å². The van der Waals surface area contributed by atoms with Gasteiger partial charge in [-0.2, -0.15) is 0 Å². The molecule has 0 saturated carbocycles. The van der Waals surface area contributed by atoms with Crippen molar-refractivity contribution in [1.29, 1.82) is 0 Å². The molecular formula is C10H14IO+. The van der Waals surface area contributed by atoms with E-state index in [-0.39, 0.29) is 21.2 Å². The van der Waals surface area contributed by atoms with Crippen molar-refractivity contribution in [3.8, 4) is 5.75 Å². The first kappa shape index (κ1) is 9.84. The van der Waals surface area contributed by atoms with Crippen molar-refractivity contribution in [3.63, 3.8) is 0 Å². The maximum atomic E-state index is 9.19. The summed E-state index contributed by atoms with van der Waals surface area (Å²) >= 11 is 0.144. The number of phenols is 1. The monoisotopic (exact) mass is 277 g/mol. The Morgan fingerprint density at radius 3 is 2.92 bits per heavy atom. The van der Waals surface area contributed by atoms with Gasteiger partial charge < -0.3 is 5.11 Å². The molecule has 0 fully saturated rings. The summed E-state index contributed by atoms with van der Waals surface area (Å²) in [5.74, 6) is 0.406. The largest absolute Gasteiger partial charge is 0.508 e. The molecular weight excluding hydrogens is 263 g/mol. The average molecular weight is 277 g/mol. The van der Waals surface area contributed by atoms with Crippen molar-refractivity contribution in [3.05, 3.63) is 27.8 Å². The van der Waals surface area contributed by atoms with Gasteiger partial charge in [0.25, 0.3) is 0 Å². The van der Waals surface area contributed by atoms with Gasteiger partial charge in [0.15, 0.2) is 3.57 Å². The third-order valence-corrected chi connectivity index (χ3v) is 4.40. The van der Waals surface area contributed by atoms with E-state index < -0.39 is 0 Å². The molecule has 0 radical (unpaired) electrons. The second kappa shape index (κ2) is 5.41. The number of aromatic hydroxyl groups is 1. The highest BCUT2D eigenvalue weighted by Crippen LogP contribution is 2.03. The summed E-state index contributed by atoms with van der Waals surface area (Å²) in [7, 11) is 0. The molecule has 66 valence electrons. The Morgan fingerprint density at radius 1 is 1.42 bits per heavy atom. The number of hydrogen-bond donors (Lipinski definition) is 1. The fourth-order valence-electron chi connectivity index (χ4n) is 0.869. The standard InChI is InChI=1S/C10H13IO/c1-2-3-7-11-9-5-4-6-10(12)8-9/h4-6,8H,2-3,7H2,1H3/p+1. The summed E-state index contributed by atoms with van der Waals surface area (Å²) in [6, 6.07) is 7.66. The van der Waals surface area contributed by atoms with E-state index in [0.29, 0.717) is 5.75 Å². The van der Waals surface area contributed by atoms with Crippen LogP contribution in [0.25, 0.3) is 0 Å². The molecule has 1 nitrogen and oxygen atoms in total. The van der Waals surface area contributed by atoms with E-state index >= 15 is 0 Å². The molecule has 0 bridgehead atoms. The lowest BCUT2D eigenvalue weighted by Gasteiger charge is -1.88. The lowest BCUT2D eigenvalue weighted by atomic mass is 10.3. The van der Waals surface area contributed by atoms with Crippen molar-refractivity contribution >= 4 is 0 Å². The van der Waals surface area contributed by atoms with E-state index in [1.807, 2.05) is 12.1 Å².